The molecular formula is C27H30N2O3. The highest BCUT2D eigenvalue weighted by Gasteiger charge is 2.44. The van der Waals surface area contributed by atoms with Gasteiger partial charge in [-0.2, -0.15) is 0 Å². The Morgan fingerprint density at radius 2 is 1.84 bits per heavy atom. The molecular weight excluding hydrogens is 400 g/mol. The molecule has 0 radical (unpaired) electrons. The summed E-state index contributed by atoms with van der Waals surface area (Å²) in [7, 11) is 0. The van der Waals surface area contributed by atoms with Gasteiger partial charge in [0.1, 0.15) is 0 Å². The molecule has 1 aromatic heterocycles. The molecule has 5 rings (SSSR count). The number of pyridine rings is 1. The van der Waals surface area contributed by atoms with Crippen LogP contribution in [-0.4, -0.2) is 55.3 Å². The number of hydrogen-bond acceptors (Lipinski definition) is 4. The van der Waals surface area contributed by atoms with Crippen molar-refractivity contribution in [1.82, 2.24) is 9.88 Å². The van der Waals surface area contributed by atoms with E-state index >= 15 is 0 Å². The number of carbonyl (C=O) groups is 1. The van der Waals surface area contributed by atoms with E-state index in [0.717, 1.165) is 24.8 Å². The van der Waals surface area contributed by atoms with E-state index in [1.165, 1.54) is 16.3 Å². The van der Waals surface area contributed by atoms with Crippen LogP contribution in [0, 0.1) is 5.92 Å². The van der Waals surface area contributed by atoms with Crippen LogP contribution in [0.4, 0.5) is 0 Å². The summed E-state index contributed by atoms with van der Waals surface area (Å²) in [4.78, 5) is 20.4. The van der Waals surface area contributed by atoms with Crippen LogP contribution in [0.25, 0.3) is 10.8 Å². The second-order valence-corrected chi connectivity index (χ2v) is 8.97. The second-order valence-electron chi connectivity index (χ2n) is 8.97. The molecule has 5 nitrogen and oxygen atoms in total. The third-order valence-corrected chi connectivity index (χ3v) is 6.99. The zero-order valence-electron chi connectivity index (χ0n) is 18.4. The highest BCUT2D eigenvalue weighted by molar-refractivity contribution is 5.88. The lowest BCUT2D eigenvalue weighted by Crippen LogP contribution is -2.51. The zero-order valence-corrected chi connectivity index (χ0v) is 18.4. The number of amides is 1. The Balaban J connectivity index is 1.40. The van der Waals surface area contributed by atoms with Crippen LogP contribution in [0.1, 0.15) is 24.0 Å². The lowest BCUT2D eigenvalue weighted by Gasteiger charge is -2.40. The van der Waals surface area contributed by atoms with E-state index in [1.807, 2.05) is 36.7 Å². The number of benzene rings is 2. The maximum absolute atomic E-state index is 14.0. The molecule has 0 aliphatic carbocycles. The number of nitrogens with zero attached hydrogens (tertiary/aromatic N) is 2. The number of ether oxygens (including phenoxy) is 2. The first-order valence-corrected chi connectivity index (χ1v) is 11.6. The maximum atomic E-state index is 14.0. The van der Waals surface area contributed by atoms with Gasteiger partial charge in [0.15, 0.2) is 0 Å². The SMILES string of the molecule is O=C(N1CCOCC(Cc2cccc3ccncc23)C1)C1(c2ccccc2)CCOCC1. The van der Waals surface area contributed by atoms with Gasteiger partial charge in [0.25, 0.3) is 0 Å². The van der Waals surface area contributed by atoms with Gasteiger partial charge in [-0.25, -0.2) is 0 Å². The van der Waals surface area contributed by atoms with Gasteiger partial charge in [-0.15, -0.1) is 0 Å². The third-order valence-electron chi connectivity index (χ3n) is 6.99. The van der Waals surface area contributed by atoms with Crippen molar-refractivity contribution >= 4 is 16.7 Å². The second kappa shape index (κ2) is 9.39. The number of carbonyl (C=O) groups excluding carboxylic acids is 1. The largest absolute Gasteiger partial charge is 0.381 e. The first-order valence-electron chi connectivity index (χ1n) is 11.6. The van der Waals surface area contributed by atoms with Crippen LogP contribution in [-0.2, 0) is 26.1 Å². The van der Waals surface area contributed by atoms with Crippen molar-refractivity contribution < 1.29 is 14.3 Å². The standard InChI is InChI=1S/C27H30N2O3/c30-26(27(10-14-31-15-11-27)24-7-2-1-3-8-24)29-13-16-32-20-21(19-29)17-23-6-4-5-22-9-12-28-18-25(22)23/h1-9,12,18,21H,10-11,13-17,19-20H2. The first-order chi connectivity index (χ1) is 15.8. The molecule has 2 saturated heterocycles. The van der Waals surface area contributed by atoms with Crippen molar-refractivity contribution in [3.05, 3.63) is 78.1 Å². The quantitative estimate of drug-likeness (QED) is 0.628. The smallest absolute Gasteiger partial charge is 0.233 e. The van der Waals surface area contributed by atoms with Gasteiger partial charge in [-0.05, 0) is 41.8 Å². The fourth-order valence-corrected chi connectivity index (χ4v) is 5.26. The Bertz CT molecular complexity index is 1060. The van der Waals surface area contributed by atoms with Crippen molar-refractivity contribution in [2.45, 2.75) is 24.7 Å². The summed E-state index contributed by atoms with van der Waals surface area (Å²) < 4.78 is 11.6. The lowest BCUT2D eigenvalue weighted by molar-refractivity contribution is -0.141. The van der Waals surface area contributed by atoms with Crippen LogP contribution in [0.2, 0.25) is 0 Å². The van der Waals surface area contributed by atoms with E-state index in [0.29, 0.717) is 39.5 Å². The summed E-state index contributed by atoms with van der Waals surface area (Å²) >= 11 is 0. The molecule has 2 fully saturated rings. The summed E-state index contributed by atoms with van der Waals surface area (Å²) in [5, 5.41) is 2.38. The number of fused-ring (bicyclic) bond motifs is 1. The highest BCUT2D eigenvalue weighted by atomic mass is 16.5. The molecule has 0 saturated carbocycles. The number of rotatable bonds is 4. The first kappa shape index (κ1) is 21.1. The van der Waals surface area contributed by atoms with Crippen LogP contribution < -0.4 is 0 Å². The normalized spacial score (nSPS) is 21.2. The average molecular weight is 431 g/mol. The molecule has 166 valence electrons. The summed E-state index contributed by atoms with van der Waals surface area (Å²) in [5.74, 6) is 0.474. The Labute approximate surface area is 189 Å². The highest BCUT2D eigenvalue weighted by Crippen LogP contribution is 2.37. The van der Waals surface area contributed by atoms with Crippen molar-refractivity contribution in [2.24, 2.45) is 5.92 Å². The third kappa shape index (κ3) is 4.15. The topological polar surface area (TPSA) is 51.7 Å². The molecule has 2 aromatic carbocycles. The fraction of sp³-hybridized carbons (Fsp3) is 0.407. The number of aromatic nitrogens is 1. The van der Waals surface area contributed by atoms with Crippen molar-refractivity contribution in [3.63, 3.8) is 0 Å². The zero-order chi connectivity index (χ0) is 21.8. The summed E-state index contributed by atoms with van der Waals surface area (Å²) in [6.07, 6.45) is 6.10. The molecule has 1 amide bonds. The van der Waals surface area contributed by atoms with Gasteiger partial charge in [0.2, 0.25) is 5.91 Å². The average Bonchev–Trinajstić information content (AvgIpc) is 3.10. The van der Waals surface area contributed by atoms with Gasteiger partial charge in [0, 0.05) is 50.0 Å². The molecule has 0 N–H and O–H groups in total. The van der Waals surface area contributed by atoms with E-state index in [9.17, 15) is 4.79 Å². The lowest BCUT2D eigenvalue weighted by atomic mass is 9.73. The van der Waals surface area contributed by atoms with Crippen LogP contribution in [0.15, 0.2) is 67.0 Å². The van der Waals surface area contributed by atoms with Crippen molar-refractivity contribution in [3.8, 4) is 0 Å². The Hall–Kier alpha value is -2.76. The van der Waals surface area contributed by atoms with Gasteiger partial charge in [-0.1, -0.05) is 48.5 Å². The summed E-state index contributed by atoms with van der Waals surface area (Å²) in [6.45, 7) is 3.85. The van der Waals surface area contributed by atoms with E-state index in [2.05, 4.69) is 40.2 Å². The Morgan fingerprint density at radius 3 is 2.69 bits per heavy atom. The molecule has 5 heteroatoms. The molecule has 2 aliphatic heterocycles. The molecule has 2 aliphatic rings. The van der Waals surface area contributed by atoms with Crippen molar-refractivity contribution in [2.75, 3.05) is 39.5 Å². The summed E-state index contributed by atoms with van der Waals surface area (Å²) in [5.41, 5.74) is 1.87. The van der Waals surface area contributed by atoms with Crippen molar-refractivity contribution in [1.29, 1.82) is 0 Å². The van der Waals surface area contributed by atoms with Crippen LogP contribution in [0.3, 0.4) is 0 Å². The Kier molecular flexibility index (Phi) is 6.19. The Morgan fingerprint density at radius 1 is 1.00 bits per heavy atom. The predicted octanol–water partition coefficient (Wildman–Crippen LogP) is 4.00. The molecule has 1 atom stereocenters. The predicted molar refractivity (Wildman–Crippen MR) is 125 cm³/mol. The van der Waals surface area contributed by atoms with Gasteiger partial charge >= 0.3 is 0 Å². The van der Waals surface area contributed by atoms with E-state index in [4.69, 9.17) is 9.47 Å². The molecule has 1 unspecified atom stereocenters. The van der Waals surface area contributed by atoms with Crippen LogP contribution >= 0.6 is 0 Å². The minimum absolute atomic E-state index is 0.224. The minimum atomic E-state index is -0.502. The molecule has 0 bridgehead atoms. The van der Waals surface area contributed by atoms with Gasteiger partial charge < -0.3 is 14.4 Å². The minimum Gasteiger partial charge on any atom is -0.381 e. The summed E-state index contributed by atoms with van der Waals surface area (Å²) in [6, 6.07) is 18.7. The van der Waals surface area contributed by atoms with Gasteiger partial charge in [0.05, 0.1) is 18.6 Å². The fourth-order valence-electron chi connectivity index (χ4n) is 5.26. The molecule has 3 heterocycles. The van der Waals surface area contributed by atoms with E-state index in [1.54, 1.807) is 0 Å². The molecule has 32 heavy (non-hydrogen) atoms. The number of hydrogen-bond donors (Lipinski definition) is 0. The monoisotopic (exact) mass is 430 g/mol. The van der Waals surface area contributed by atoms with Gasteiger partial charge in [-0.3, -0.25) is 9.78 Å². The molecule has 3 aromatic rings. The van der Waals surface area contributed by atoms with E-state index < -0.39 is 5.41 Å². The van der Waals surface area contributed by atoms with E-state index in [-0.39, 0.29) is 11.8 Å². The van der Waals surface area contributed by atoms with Crippen LogP contribution in [0.5, 0.6) is 0 Å². The molecule has 0 spiro atoms. The maximum Gasteiger partial charge on any atom is 0.233 e.